The van der Waals surface area contributed by atoms with Gasteiger partial charge in [-0.15, -0.1) is 0 Å². The van der Waals surface area contributed by atoms with Gasteiger partial charge in [0.2, 0.25) is 0 Å². The predicted octanol–water partition coefficient (Wildman–Crippen LogP) is 2.32. The highest BCUT2D eigenvalue weighted by Crippen LogP contribution is 2.33. The highest BCUT2D eigenvalue weighted by atomic mass is 15.3. The molecule has 2 saturated heterocycles. The van der Waals surface area contributed by atoms with E-state index in [1.807, 2.05) is 0 Å². The van der Waals surface area contributed by atoms with Crippen LogP contribution in [0.5, 0.6) is 0 Å². The van der Waals surface area contributed by atoms with Crippen LogP contribution in [0.15, 0.2) is 0 Å². The third-order valence-electron chi connectivity index (χ3n) is 6.00. The molecule has 3 heteroatoms. The Labute approximate surface area is 125 Å². The summed E-state index contributed by atoms with van der Waals surface area (Å²) in [5, 5.41) is 3.95. The number of nitrogens with one attached hydrogen (secondary N) is 1. The molecule has 1 saturated carbocycles. The van der Waals surface area contributed by atoms with Crippen molar-refractivity contribution in [3.63, 3.8) is 0 Å². The number of nitrogens with zero attached hydrogens (tertiary/aromatic N) is 2. The molecule has 0 aromatic rings. The lowest BCUT2D eigenvalue weighted by Gasteiger charge is -2.50. The van der Waals surface area contributed by atoms with Gasteiger partial charge in [-0.25, -0.2) is 0 Å². The summed E-state index contributed by atoms with van der Waals surface area (Å²) in [5.41, 5.74) is 0.467. The molecule has 2 heterocycles. The second kappa shape index (κ2) is 6.33. The molecule has 116 valence electrons. The van der Waals surface area contributed by atoms with Gasteiger partial charge in [0, 0.05) is 37.8 Å². The van der Waals surface area contributed by atoms with E-state index in [4.69, 9.17) is 0 Å². The van der Waals surface area contributed by atoms with Crippen LogP contribution in [0.1, 0.15) is 51.9 Å². The van der Waals surface area contributed by atoms with Crippen molar-refractivity contribution >= 4 is 0 Å². The molecule has 2 aliphatic heterocycles. The first kappa shape index (κ1) is 14.8. The number of hydrogen-bond acceptors (Lipinski definition) is 3. The summed E-state index contributed by atoms with van der Waals surface area (Å²) in [6.07, 6.45) is 9.84. The van der Waals surface area contributed by atoms with Crippen molar-refractivity contribution in [1.29, 1.82) is 0 Å². The maximum absolute atomic E-state index is 3.95. The molecule has 0 aromatic carbocycles. The molecule has 1 aliphatic carbocycles. The zero-order chi connectivity index (χ0) is 14.0. The van der Waals surface area contributed by atoms with E-state index in [-0.39, 0.29) is 0 Å². The normalized spacial score (nSPS) is 35.7. The zero-order valence-corrected chi connectivity index (χ0v) is 13.5. The summed E-state index contributed by atoms with van der Waals surface area (Å²) in [4.78, 5) is 5.36. The van der Waals surface area contributed by atoms with Crippen molar-refractivity contribution in [3.8, 4) is 0 Å². The van der Waals surface area contributed by atoms with Gasteiger partial charge < -0.3 is 10.2 Å². The topological polar surface area (TPSA) is 18.5 Å². The molecule has 1 N–H and O–H groups in total. The molecular formula is C17H33N3. The van der Waals surface area contributed by atoms with E-state index in [0.29, 0.717) is 5.54 Å². The second-order valence-electron chi connectivity index (χ2n) is 7.63. The molecule has 0 radical (unpaired) electrons. The first-order valence-corrected chi connectivity index (χ1v) is 8.88. The monoisotopic (exact) mass is 279 g/mol. The lowest BCUT2D eigenvalue weighted by atomic mass is 9.79. The summed E-state index contributed by atoms with van der Waals surface area (Å²) < 4.78 is 0. The van der Waals surface area contributed by atoms with Crippen LogP contribution in [0.4, 0.5) is 0 Å². The Hall–Kier alpha value is -0.120. The Morgan fingerprint density at radius 2 is 2.00 bits per heavy atom. The minimum atomic E-state index is 0.467. The van der Waals surface area contributed by atoms with Gasteiger partial charge >= 0.3 is 0 Å². The molecule has 2 atom stereocenters. The summed E-state index contributed by atoms with van der Waals surface area (Å²) in [6, 6.07) is 0.772. The molecule has 0 aromatic heterocycles. The maximum Gasteiger partial charge on any atom is 0.0309 e. The van der Waals surface area contributed by atoms with Gasteiger partial charge in [0.05, 0.1) is 0 Å². The Morgan fingerprint density at radius 1 is 1.20 bits per heavy atom. The molecule has 0 bridgehead atoms. The first-order valence-electron chi connectivity index (χ1n) is 8.88. The Bertz CT molecular complexity index is 311. The van der Waals surface area contributed by atoms with Crippen molar-refractivity contribution in [1.82, 2.24) is 15.1 Å². The lowest BCUT2D eigenvalue weighted by molar-refractivity contribution is 0.0437. The molecule has 3 nitrogen and oxygen atoms in total. The second-order valence-corrected chi connectivity index (χ2v) is 7.63. The van der Waals surface area contributed by atoms with Crippen molar-refractivity contribution in [2.45, 2.75) is 63.5 Å². The minimum absolute atomic E-state index is 0.467. The fourth-order valence-corrected chi connectivity index (χ4v) is 4.72. The largest absolute Gasteiger partial charge is 0.308 e. The third-order valence-corrected chi connectivity index (χ3v) is 6.00. The summed E-state index contributed by atoms with van der Waals surface area (Å²) in [5.74, 6) is 0.910. The van der Waals surface area contributed by atoms with E-state index < -0.39 is 0 Å². The van der Waals surface area contributed by atoms with E-state index in [0.717, 1.165) is 12.0 Å². The number of likely N-dealkylation sites (tertiary alicyclic amines) is 1. The molecular weight excluding hydrogens is 246 g/mol. The van der Waals surface area contributed by atoms with Crippen LogP contribution in [0.2, 0.25) is 0 Å². The Balaban J connectivity index is 1.62. The van der Waals surface area contributed by atoms with Gasteiger partial charge in [-0.3, -0.25) is 4.90 Å². The van der Waals surface area contributed by atoms with Crippen LogP contribution in [-0.4, -0.2) is 61.2 Å². The maximum atomic E-state index is 3.95. The van der Waals surface area contributed by atoms with E-state index >= 15 is 0 Å². The van der Waals surface area contributed by atoms with Crippen LogP contribution < -0.4 is 5.32 Å². The molecule has 20 heavy (non-hydrogen) atoms. The van der Waals surface area contributed by atoms with E-state index in [1.165, 1.54) is 77.7 Å². The van der Waals surface area contributed by atoms with Crippen LogP contribution in [0.25, 0.3) is 0 Å². The van der Waals surface area contributed by atoms with Crippen molar-refractivity contribution < 1.29 is 0 Å². The average Bonchev–Trinajstić information content (AvgIpc) is 2.85. The SMILES string of the molecule is CCC1CNC2(CCCCC2)CN1CC1CCN(C)C1. The van der Waals surface area contributed by atoms with Crippen LogP contribution in [0.3, 0.4) is 0 Å². The molecule has 1 spiro atoms. The van der Waals surface area contributed by atoms with Gasteiger partial charge in [0.15, 0.2) is 0 Å². The number of piperazine rings is 1. The quantitative estimate of drug-likeness (QED) is 0.855. The first-order chi connectivity index (χ1) is 9.71. The minimum Gasteiger partial charge on any atom is -0.308 e. The summed E-state index contributed by atoms with van der Waals surface area (Å²) in [7, 11) is 2.28. The highest BCUT2D eigenvalue weighted by Gasteiger charge is 2.40. The Kier molecular flexibility index (Phi) is 4.68. The number of hydrogen-bond donors (Lipinski definition) is 1. The van der Waals surface area contributed by atoms with Crippen molar-refractivity contribution in [3.05, 3.63) is 0 Å². The van der Waals surface area contributed by atoms with Gasteiger partial charge in [-0.05, 0) is 45.2 Å². The molecule has 0 amide bonds. The molecule has 3 rings (SSSR count). The predicted molar refractivity (Wildman–Crippen MR) is 85.1 cm³/mol. The molecule has 3 aliphatic rings. The summed E-state index contributed by atoms with van der Waals surface area (Å²) in [6.45, 7) is 8.85. The molecule has 3 fully saturated rings. The zero-order valence-electron chi connectivity index (χ0n) is 13.5. The fraction of sp³-hybridized carbons (Fsp3) is 1.00. The van der Waals surface area contributed by atoms with Crippen molar-refractivity contribution in [2.75, 3.05) is 39.8 Å². The van der Waals surface area contributed by atoms with Crippen LogP contribution in [0, 0.1) is 5.92 Å². The van der Waals surface area contributed by atoms with E-state index in [2.05, 4.69) is 29.1 Å². The standard InChI is InChI=1S/C17H33N3/c1-3-16-11-18-17(8-5-4-6-9-17)14-20(16)13-15-7-10-19(2)12-15/h15-16,18H,3-14H2,1-2H3. The molecule has 2 unspecified atom stereocenters. The van der Waals surface area contributed by atoms with Crippen LogP contribution in [-0.2, 0) is 0 Å². The lowest BCUT2D eigenvalue weighted by Crippen LogP contribution is -2.65. The average molecular weight is 279 g/mol. The van der Waals surface area contributed by atoms with Gasteiger partial charge in [0.25, 0.3) is 0 Å². The van der Waals surface area contributed by atoms with Crippen molar-refractivity contribution in [2.24, 2.45) is 5.92 Å². The van der Waals surface area contributed by atoms with Gasteiger partial charge in [-0.1, -0.05) is 26.2 Å². The van der Waals surface area contributed by atoms with E-state index in [9.17, 15) is 0 Å². The third kappa shape index (κ3) is 3.20. The fourth-order valence-electron chi connectivity index (χ4n) is 4.72. The van der Waals surface area contributed by atoms with Gasteiger partial charge in [-0.2, -0.15) is 0 Å². The highest BCUT2D eigenvalue weighted by molar-refractivity contribution is 5.00. The summed E-state index contributed by atoms with van der Waals surface area (Å²) >= 11 is 0. The number of rotatable bonds is 3. The van der Waals surface area contributed by atoms with E-state index in [1.54, 1.807) is 0 Å². The van der Waals surface area contributed by atoms with Gasteiger partial charge in [0.1, 0.15) is 0 Å². The smallest absolute Gasteiger partial charge is 0.0309 e. The van der Waals surface area contributed by atoms with Crippen LogP contribution >= 0.6 is 0 Å². The Morgan fingerprint density at radius 3 is 2.65 bits per heavy atom.